The van der Waals surface area contributed by atoms with E-state index in [-0.39, 0.29) is 11.8 Å². The summed E-state index contributed by atoms with van der Waals surface area (Å²) in [5.74, 6) is -0.489. The van der Waals surface area contributed by atoms with Gasteiger partial charge in [0.25, 0.3) is 11.8 Å². The number of rotatable bonds is 2. The van der Waals surface area contributed by atoms with E-state index in [0.717, 1.165) is 16.8 Å². The molecule has 0 radical (unpaired) electrons. The smallest absolute Gasteiger partial charge is 0.278 e. The Bertz CT molecular complexity index is 1110. The van der Waals surface area contributed by atoms with Crippen LogP contribution in [0.2, 0.25) is 5.02 Å². The molecule has 3 aromatic carbocycles. The Morgan fingerprint density at radius 1 is 0.857 bits per heavy atom. The third-order valence-corrected chi connectivity index (χ3v) is 5.47. The lowest BCUT2D eigenvalue weighted by Crippen LogP contribution is -2.60. The van der Waals surface area contributed by atoms with Crippen molar-refractivity contribution in [1.82, 2.24) is 5.32 Å². The average Bonchev–Trinajstić information content (AvgIpc) is 2.92. The first-order chi connectivity index (χ1) is 13.6. The van der Waals surface area contributed by atoms with Crippen molar-refractivity contribution in [1.29, 1.82) is 0 Å². The van der Waals surface area contributed by atoms with Crippen molar-refractivity contribution in [2.45, 2.75) is 12.2 Å². The molecule has 28 heavy (non-hydrogen) atoms. The zero-order valence-corrected chi connectivity index (χ0v) is 15.5. The van der Waals surface area contributed by atoms with Gasteiger partial charge in [-0.1, -0.05) is 54.1 Å². The van der Waals surface area contributed by atoms with Crippen LogP contribution in [0.5, 0.6) is 0 Å². The molecular formula is C22H16ClN3O2. The van der Waals surface area contributed by atoms with Gasteiger partial charge >= 0.3 is 0 Å². The fraction of sp³-hybridized carbons (Fsp3) is 0.0909. The third kappa shape index (κ3) is 2.40. The minimum atomic E-state index is -1.31. The molecule has 5 nitrogen and oxygen atoms in total. The summed E-state index contributed by atoms with van der Waals surface area (Å²) in [7, 11) is 0. The quantitative estimate of drug-likeness (QED) is 0.699. The number of carbonyl (C=O) groups is 2. The lowest BCUT2D eigenvalue weighted by Gasteiger charge is -2.36. The maximum Gasteiger partial charge on any atom is 0.278 e. The number of nitrogens with zero attached hydrogens (tertiary/aromatic N) is 1. The van der Waals surface area contributed by atoms with Crippen molar-refractivity contribution in [3.63, 3.8) is 0 Å². The van der Waals surface area contributed by atoms with Crippen LogP contribution in [0.4, 0.5) is 11.4 Å². The van der Waals surface area contributed by atoms with Crippen molar-refractivity contribution >= 4 is 34.8 Å². The Morgan fingerprint density at radius 3 is 2.39 bits per heavy atom. The molecule has 5 rings (SSSR count). The summed E-state index contributed by atoms with van der Waals surface area (Å²) < 4.78 is 0. The van der Waals surface area contributed by atoms with E-state index >= 15 is 0 Å². The minimum Gasteiger partial charge on any atom is -0.350 e. The van der Waals surface area contributed by atoms with Crippen LogP contribution in [0.1, 0.15) is 21.5 Å². The van der Waals surface area contributed by atoms with Gasteiger partial charge in [0.05, 0.1) is 17.8 Å². The van der Waals surface area contributed by atoms with Crippen LogP contribution in [-0.2, 0) is 17.0 Å². The summed E-state index contributed by atoms with van der Waals surface area (Å²) in [6, 6.07) is 22.1. The summed E-state index contributed by atoms with van der Waals surface area (Å²) in [6.07, 6.45) is 0. The van der Waals surface area contributed by atoms with Gasteiger partial charge in [-0.3, -0.25) is 9.59 Å². The topological polar surface area (TPSA) is 61.4 Å². The minimum absolute atomic E-state index is 0.216. The first-order valence-corrected chi connectivity index (χ1v) is 9.32. The average molecular weight is 390 g/mol. The lowest BCUT2D eigenvalue weighted by atomic mass is 9.96. The molecule has 0 saturated carbocycles. The van der Waals surface area contributed by atoms with Crippen LogP contribution >= 0.6 is 11.6 Å². The molecule has 2 aliphatic heterocycles. The Balaban J connectivity index is 1.60. The second kappa shape index (κ2) is 6.11. The van der Waals surface area contributed by atoms with Crippen LogP contribution in [0.25, 0.3) is 0 Å². The number of halogens is 1. The van der Waals surface area contributed by atoms with Gasteiger partial charge < -0.3 is 15.5 Å². The molecule has 0 bridgehead atoms. The molecule has 0 fully saturated rings. The number of carbonyl (C=O) groups excluding carboxylic acids is 2. The highest BCUT2D eigenvalue weighted by molar-refractivity contribution is 6.30. The van der Waals surface area contributed by atoms with Crippen LogP contribution in [0, 0.1) is 0 Å². The van der Waals surface area contributed by atoms with Crippen molar-refractivity contribution in [3.8, 4) is 0 Å². The normalized spacial score (nSPS) is 19.8. The lowest BCUT2D eigenvalue weighted by molar-refractivity contribution is -0.123. The first kappa shape index (κ1) is 16.8. The van der Waals surface area contributed by atoms with Gasteiger partial charge in [-0.15, -0.1) is 0 Å². The van der Waals surface area contributed by atoms with Gasteiger partial charge in [0, 0.05) is 16.3 Å². The molecule has 2 aliphatic rings. The van der Waals surface area contributed by atoms with E-state index in [2.05, 4.69) is 10.6 Å². The zero-order valence-electron chi connectivity index (χ0n) is 14.8. The number of hydrogen-bond donors (Lipinski definition) is 2. The molecule has 2 heterocycles. The van der Waals surface area contributed by atoms with Crippen molar-refractivity contribution < 1.29 is 9.59 Å². The van der Waals surface area contributed by atoms with Crippen LogP contribution < -0.4 is 15.5 Å². The molecule has 3 aromatic rings. The number of para-hydroxylation sites is 2. The Morgan fingerprint density at radius 2 is 1.57 bits per heavy atom. The monoisotopic (exact) mass is 389 g/mol. The summed E-state index contributed by atoms with van der Waals surface area (Å²) >= 11 is 5.98. The summed E-state index contributed by atoms with van der Waals surface area (Å²) in [5, 5.41) is 6.85. The van der Waals surface area contributed by atoms with E-state index in [1.165, 1.54) is 0 Å². The molecule has 0 aliphatic carbocycles. The highest BCUT2D eigenvalue weighted by Gasteiger charge is 2.54. The number of nitrogens with one attached hydrogen (secondary N) is 2. The summed E-state index contributed by atoms with van der Waals surface area (Å²) in [6.45, 7) is 0.383. The van der Waals surface area contributed by atoms with Gasteiger partial charge in [-0.2, -0.15) is 0 Å². The van der Waals surface area contributed by atoms with Gasteiger partial charge in [0.15, 0.2) is 0 Å². The van der Waals surface area contributed by atoms with Gasteiger partial charge in [0.2, 0.25) is 5.66 Å². The molecule has 138 valence electrons. The predicted molar refractivity (Wildman–Crippen MR) is 108 cm³/mol. The largest absolute Gasteiger partial charge is 0.350 e. The number of amides is 2. The summed E-state index contributed by atoms with van der Waals surface area (Å²) in [4.78, 5) is 28.1. The fourth-order valence-corrected chi connectivity index (χ4v) is 4.01. The zero-order chi connectivity index (χ0) is 19.3. The Hall–Kier alpha value is -3.31. The highest BCUT2D eigenvalue weighted by Crippen LogP contribution is 2.43. The van der Waals surface area contributed by atoms with Gasteiger partial charge in [-0.05, 0) is 35.9 Å². The molecule has 0 aromatic heterocycles. The third-order valence-electron chi connectivity index (χ3n) is 5.21. The van der Waals surface area contributed by atoms with Crippen LogP contribution in [0.15, 0.2) is 72.8 Å². The highest BCUT2D eigenvalue weighted by atomic mass is 35.5. The molecule has 2 amide bonds. The second-order valence-corrected chi connectivity index (χ2v) is 7.35. The maximum atomic E-state index is 13.6. The summed E-state index contributed by atoms with van der Waals surface area (Å²) in [5.41, 5.74) is 2.31. The van der Waals surface area contributed by atoms with E-state index in [0.29, 0.717) is 22.8 Å². The van der Waals surface area contributed by atoms with Crippen molar-refractivity contribution in [3.05, 3.63) is 94.5 Å². The van der Waals surface area contributed by atoms with E-state index in [4.69, 9.17) is 11.6 Å². The molecule has 6 heteroatoms. The number of anilines is 2. The van der Waals surface area contributed by atoms with E-state index in [9.17, 15) is 9.59 Å². The molecule has 0 saturated heterocycles. The van der Waals surface area contributed by atoms with Crippen LogP contribution in [0.3, 0.4) is 0 Å². The van der Waals surface area contributed by atoms with Crippen LogP contribution in [-0.4, -0.2) is 11.8 Å². The molecular weight excluding hydrogens is 374 g/mol. The van der Waals surface area contributed by atoms with E-state index in [1.54, 1.807) is 29.2 Å². The number of fused-ring (bicyclic) bond motifs is 3. The van der Waals surface area contributed by atoms with Gasteiger partial charge in [-0.25, -0.2) is 0 Å². The standard InChI is InChI=1S/C22H16ClN3O2/c23-15-11-9-14(10-12-15)13-26-19-8-4-2-6-17(19)22(21(26)28)24-18-7-3-1-5-16(18)20(27)25-22/h1-12,24H,13H2,(H,25,27)/t22-/m0/s1. The molecule has 1 atom stereocenters. The molecule has 0 unspecified atom stereocenters. The second-order valence-electron chi connectivity index (χ2n) is 6.91. The van der Waals surface area contributed by atoms with Crippen molar-refractivity contribution in [2.24, 2.45) is 0 Å². The Labute approximate surface area is 166 Å². The first-order valence-electron chi connectivity index (χ1n) is 8.94. The SMILES string of the molecule is O=C1N[C@]2(Nc3ccccc31)C(=O)N(Cc1ccc(Cl)cc1)c1ccccc12. The fourth-order valence-electron chi connectivity index (χ4n) is 3.89. The predicted octanol–water partition coefficient (Wildman–Crippen LogP) is 3.90. The van der Waals surface area contributed by atoms with Gasteiger partial charge in [0.1, 0.15) is 0 Å². The van der Waals surface area contributed by atoms with E-state index in [1.807, 2.05) is 48.5 Å². The Kier molecular flexibility index (Phi) is 3.67. The van der Waals surface area contributed by atoms with Crippen molar-refractivity contribution in [2.75, 3.05) is 10.2 Å². The molecule has 2 N–H and O–H groups in total. The molecule has 1 spiro atoms. The maximum absolute atomic E-state index is 13.6. The number of benzene rings is 3. The number of hydrogen-bond acceptors (Lipinski definition) is 3. The van der Waals surface area contributed by atoms with E-state index < -0.39 is 5.66 Å².